The van der Waals surface area contributed by atoms with Gasteiger partial charge in [0.25, 0.3) is 0 Å². The van der Waals surface area contributed by atoms with E-state index in [-0.39, 0.29) is 12.7 Å². The minimum Gasteiger partial charge on any atom is -0.481 e. The van der Waals surface area contributed by atoms with Gasteiger partial charge >= 0.3 is 5.97 Å². The van der Waals surface area contributed by atoms with E-state index in [1.54, 1.807) is 11.0 Å². The highest BCUT2D eigenvalue weighted by Gasteiger charge is 2.66. The lowest BCUT2D eigenvalue weighted by Gasteiger charge is -2.21. The van der Waals surface area contributed by atoms with Gasteiger partial charge in [-0.2, -0.15) is 0 Å². The summed E-state index contributed by atoms with van der Waals surface area (Å²) in [6, 6.07) is 5.55. The number of hydrogen-bond acceptors (Lipinski definition) is 5. The number of amides is 1. The number of fused-ring (bicyclic) bond motifs is 2. The molecule has 7 heteroatoms. The smallest absolute Gasteiger partial charge is 0.310 e. The molecule has 5 rings (SSSR count). The van der Waals surface area contributed by atoms with Crippen LogP contribution in [0, 0.1) is 11.8 Å². The zero-order valence-electron chi connectivity index (χ0n) is 12.7. The Morgan fingerprint density at radius 1 is 1.33 bits per heavy atom. The van der Waals surface area contributed by atoms with Crippen molar-refractivity contribution in [3.05, 3.63) is 35.9 Å². The summed E-state index contributed by atoms with van der Waals surface area (Å²) in [5.41, 5.74) is 0.121. The van der Waals surface area contributed by atoms with Crippen LogP contribution >= 0.6 is 0 Å². The van der Waals surface area contributed by atoms with Crippen molar-refractivity contribution in [2.75, 3.05) is 13.3 Å². The maximum Gasteiger partial charge on any atom is 0.310 e. The van der Waals surface area contributed by atoms with Crippen molar-refractivity contribution in [1.82, 2.24) is 4.90 Å². The van der Waals surface area contributed by atoms with E-state index in [2.05, 4.69) is 0 Å². The zero-order chi connectivity index (χ0) is 16.5. The summed E-state index contributed by atoms with van der Waals surface area (Å²) < 4.78 is 16.5. The molecule has 2 saturated heterocycles. The molecule has 1 aromatic carbocycles. The first-order valence-corrected chi connectivity index (χ1v) is 7.85. The lowest BCUT2D eigenvalue weighted by molar-refractivity contribution is -0.148. The molecule has 0 aliphatic carbocycles. The number of benzene rings is 1. The normalized spacial score (nSPS) is 34.9. The predicted molar refractivity (Wildman–Crippen MR) is 79.3 cm³/mol. The second-order valence-corrected chi connectivity index (χ2v) is 6.62. The molecule has 1 aromatic rings. The maximum atomic E-state index is 12.8. The molecular weight excluding hydrogens is 314 g/mol. The largest absolute Gasteiger partial charge is 0.481 e. The fourth-order valence-corrected chi connectivity index (χ4v) is 4.25. The van der Waals surface area contributed by atoms with E-state index in [1.807, 2.05) is 24.3 Å². The fourth-order valence-electron chi connectivity index (χ4n) is 4.25. The molecule has 24 heavy (non-hydrogen) atoms. The van der Waals surface area contributed by atoms with Crippen molar-refractivity contribution in [3.8, 4) is 11.5 Å². The Morgan fingerprint density at radius 3 is 3.00 bits per heavy atom. The van der Waals surface area contributed by atoms with E-state index in [4.69, 9.17) is 14.2 Å². The van der Waals surface area contributed by atoms with Crippen molar-refractivity contribution < 1.29 is 28.9 Å². The van der Waals surface area contributed by atoms with Crippen molar-refractivity contribution in [3.63, 3.8) is 0 Å². The van der Waals surface area contributed by atoms with Gasteiger partial charge in [-0.3, -0.25) is 9.59 Å². The van der Waals surface area contributed by atoms with Gasteiger partial charge in [-0.15, -0.1) is 0 Å². The highest BCUT2D eigenvalue weighted by molar-refractivity contribution is 5.90. The van der Waals surface area contributed by atoms with Crippen LogP contribution in [0.3, 0.4) is 0 Å². The van der Waals surface area contributed by atoms with Crippen LogP contribution in [0.5, 0.6) is 11.5 Å². The predicted octanol–water partition coefficient (Wildman–Crippen LogP) is 0.782. The summed E-state index contributed by atoms with van der Waals surface area (Å²) in [6.45, 7) is 0.969. The van der Waals surface area contributed by atoms with E-state index in [0.29, 0.717) is 24.6 Å². The minimum absolute atomic E-state index is 0.160. The Bertz CT molecular complexity index is 789. The quantitative estimate of drug-likeness (QED) is 0.825. The summed E-state index contributed by atoms with van der Waals surface area (Å²) in [5, 5.41) is 9.46. The van der Waals surface area contributed by atoms with Gasteiger partial charge in [0.1, 0.15) is 11.5 Å². The maximum absolute atomic E-state index is 12.8. The Morgan fingerprint density at radius 2 is 2.17 bits per heavy atom. The number of ether oxygens (including phenoxy) is 3. The van der Waals surface area contributed by atoms with Crippen LogP contribution in [0.2, 0.25) is 0 Å². The average Bonchev–Trinajstić information content (AvgIpc) is 3.28. The lowest BCUT2D eigenvalue weighted by atomic mass is 9.77. The first-order valence-electron chi connectivity index (χ1n) is 7.85. The van der Waals surface area contributed by atoms with Crippen molar-refractivity contribution >= 4 is 11.9 Å². The van der Waals surface area contributed by atoms with Crippen LogP contribution in [0.4, 0.5) is 0 Å². The van der Waals surface area contributed by atoms with E-state index < -0.39 is 29.5 Å². The Labute approximate surface area is 137 Å². The van der Waals surface area contributed by atoms with Crippen LogP contribution in [0.1, 0.15) is 5.56 Å². The molecule has 124 valence electrons. The third-order valence-corrected chi connectivity index (χ3v) is 5.27. The molecule has 1 N–H and O–H groups in total. The van der Waals surface area contributed by atoms with Crippen molar-refractivity contribution in [2.24, 2.45) is 11.8 Å². The zero-order valence-corrected chi connectivity index (χ0v) is 12.7. The van der Waals surface area contributed by atoms with Gasteiger partial charge in [-0.1, -0.05) is 18.2 Å². The van der Waals surface area contributed by atoms with Gasteiger partial charge in [-0.25, -0.2) is 0 Å². The topological polar surface area (TPSA) is 85.3 Å². The van der Waals surface area contributed by atoms with Gasteiger partial charge in [0.2, 0.25) is 12.7 Å². The molecule has 4 atom stereocenters. The third kappa shape index (κ3) is 1.70. The van der Waals surface area contributed by atoms with Gasteiger partial charge in [-0.05, 0) is 17.7 Å². The van der Waals surface area contributed by atoms with E-state index >= 15 is 0 Å². The van der Waals surface area contributed by atoms with Gasteiger partial charge in [0.15, 0.2) is 11.5 Å². The summed E-state index contributed by atoms with van der Waals surface area (Å²) in [5.74, 6) is -1.22. The molecule has 4 heterocycles. The highest BCUT2D eigenvalue weighted by Crippen LogP contribution is 2.52. The van der Waals surface area contributed by atoms with E-state index in [1.165, 1.54) is 0 Å². The van der Waals surface area contributed by atoms with Gasteiger partial charge < -0.3 is 24.2 Å². The fraction of sp³-hybridized carbons (Fsp3) is 0.412. The second kappa shape index (κ2) is 4.51. The Hall–Kier alpha value is -2.54. The molecule has 0 radical (unpaired) electrons. The van der Waals surface area contributed by atoms with Gasteiger partial charge in [0.05, 0.1) is 18.6 Å². The number of carbonyl (C=O) groups excluding carboxylic acids is 1. The first-order chi connectivity index (χ1) is 11.6. The van der Waals surface area contributed by atoms with Crippen molar-refractivity contribution in [1.29, 1.82) is 0 Å². The molecule has 0 unspecified atom stereocenters. The number of rotatable bonds is 3. The number of likely N-dealkylation sites (tertiary alicyclic amines) is 1. The third-order valence-electron chi connectivity index (χ3n) is 5.27. The number of carbonyl (C=O) groups is 2. The molecule has 2 fully saturated rings. The molecule has 1 amide bonds. The summed E-state index contributed by atoms with van der Waals surface area (Å²) >= 11 is 0. The number of carboxylic acids is 1. The van der Waals surface area contributed by atoms with Gasteiger partial charge in [0, 0.05) is 6.54 Å². The van der Waals surface area contributed by atoms with Crippen LogP contribution < -0.4 is 9.47 Å². The number of aliphatic carboxylic acids is 1. The van der Waals surface area contributed by atoms with E-state index in [0.717, 1.165) is 5.56 Å². The highest BCUT2D eigenvalue weighted by atomic mass is 16.7. The van der Waals surface area contributed by atoms with Crippen LogP contribution in [0.25, 0.3) is 0 Å². The van der Waals surface area contributed by atoms with Crippen LogP contribution in [-0.4, -0.2) is 46.9 Å². The SMILES string of the molecule is O=C(O)[C@@H]1[C@@H]2C=C[C@]3(CN(Cc4ccc5c(c4)OCO5)C(=O)[C@@H]13)O2. The molecule has 7 nitrogen and oxygen atoms in total. The summed E-state index contributed by atoms with van der Waals surface area (Å²) in [7, 11) is 0. The number of nitrogens with zero attached hydrogens (tertiary/aromatic N) is 1. The number of hydrogen-bond donors (Lipinski definition) is 1. The lowest BCUT2D eigenvalue weighted by Crippen LogP contribution is -2.39. The molecule has 4 aliphatic rings. The second-order valence-electron chi connectivity index (χ2n) is 6.62. The first kappa shape index (κ1) is 13.9. The molecule has 1 spiro atoms. The Balaban J connectivity index is 1.42. The molecule has 4 aliphatic heterocycles. The van der Waals surface area contributed by atoms with Crippen molar-refractivity contribution in [2.45, 2.75) is 18.2 Å². The summed E-state index contributed by atoms with van der Waals surface area (Å²) in [6.07, 6.45) is 3.13. The molecule has 2 bridgehead atoms. The molecular formula is C17H15NO6. The standard InChI is InChI=1S/C17H15NO6/c19-15-14-13(16(20)21)11-3-4-17(14,24-11)7-18(15)6-9-1-2-10-12(5-9)23-8-22-10/h1-5,11,13-14H,6-8H2,(H,20,21)/t11-,13+,14+,17+/m0/s1. The van der Waals surface area contributed by atoms with E-state index in [9.17, 15) is 14.7 Å². The Kier molecular flexibility index (Phi) is 2.60. The van der Waals surface area contributed by atoms with Crippen LogP contribution in [0.15, 0.2) is 30.4 Å². The summed E-state index contributed by atoms with van der Waals surface area (Å²) in [4.78, 5) is 26.0. The molecule has 0 aromatic heterocycles. The minimum atomic E-state index is -0.977. The van der Waals surface area contributed by atoms with Crippen LogP contribution in [-0.2, 0) is 20.9 Å². The number of carboxylic acid groups (broad SMARTS) is 1. The average molecular weight is 329 g/mol. The molecule has 0 saturated carbocycles. The monoisotopic (exact) mass is 329 g/mol.